The Morgan fingerprint density at radius 3 is 2.66 bits per heavy atom. The number of aliphatic hydroxyl groups is 1. The van der Waals surface area contributed by atoms with Gasteiger partial charge in [-0.25, -0.2) is 9.97 Å². The lowest BCUT2D eigenvalue weighted by molar-refractivity contribution is -0.130. The zero-order valence-electron chi connectivity index (χ0n) is 20.6. The number of carbonyl (C=O) groups excluding carboxylic acids is 2. The van der Waals surface area contributed by atoms with E-state index in [0.29, 0.717) is 12.4 Å². The molecule has 1 aliphatic heterocycles. The third kappa shape index (κ3) is 6.76. The van der Waals surface area contributed by atoms with Gasteiger partial charge in [0.2, 0.25) is 5.91 Å². The maximum absolute atomic E-state index is 12.6. The summed E-state index contributed by atoms with van der Waals surface area (Å²) in [5.41, 5.74) is 2.94. The summed E-state index contributed by atoms with van der Waals surface area (Å²) in [6.07, 6.45) is 5.43. The van der Waals surface area contributed by atoms with E-state index >= 15 is 0 Å². The van der Waals surface area contributed by atoms with Gasteiger partial charge < -0.3 is 20.6 Å². The number of aromatic nitrogens is 2. The molecule has 1 atom stereocenters. The maximum Gasteiger partial charge on any atom is 0.270 e. The SMILES string of the molecule is CC(=O)N(C)[C@H]1CC[C@@H](Nc2cc(C(=O)NCC(O)CN3CCc4ccccc4C3)ncn2)CC1. The second kappa shape index (κ2) is 11.6. The van der Waals surface area contributed by atoms with Crippen molar-refractivity contribution in [3.8, 4) is 0 Å². The van der Waals surface area contributed by atoms with E-state index in [4.69, 9.17) is 0 Å². The van der Waals surface area contributed by atoms with Crippen LogP contribution in [0.5, 0.6) is 0 Å². The quantitative estimate of drug-likeness (QED) is 0.529. The fourth-order valence-electron chi connectivity index (χ4n) is 5.01. The van der Waals surface area contributed by atoms with Crippen molar-refractivity contribution in [1.82, 2.24) is 25.1 Å². The van der Waals surface area contributed by atoms with Crippen LogP contribution in [0.3, 0.4) is 0 Å². The maximum atomic E-state index is 12.6. The fraction of sp³-hybridized carbons (Fsp3) is 0.538. The van der Waals surface area contributed by atoms with Crippen LogP contribution >= 0.6 is 0 Å². The number of rotatable bonds is 8. The van der Waals surface area contributed by atoms with Crippen LogP contribution in [0.1, 0.15) is 54.2 Å². The van der Waals surface area contributed by atoms with Gasteiger partial charge in [0, 0.05) is 58.3 Å². The molecule has 2 aromatic rings. The van der Waals surface area contributed by atoms with Crippen molar-refractivity contribution in [2.45, 2.75) is 63.8 Å². The van der Waals surface area contributed by atoms with Crippen molar-refractivity contribution in [2.24, 2.45) is 0 Å². The van der Waals surface area contributed by atoms with E-state index in [1.807, 2.05) is 18.0 Å². The molecule has 9 nitrogen and oxygen atoms in total. The standard InChI is InChI=1S/C26H36N6O3/c1-18(33)31(2)22-9-7-21(8-10-22)30-25-13-24(28-17-29-25)26(35)27-14-23(34)16-32-12-11-19-5-3-4-6-20(19)15-32/h3-6,13,17,21-23,34H,7-12,14-16H2,1-2H3,(H,27,35)(H,28,29,30)/t21-,22+,23?. The number of amides is 2. The Labute approximate surface area is 206 Å². The van der Waals surface area contributed by atoms with Gasteiger partial charge in [0.05, 0.1) is 6.10 Å². The normalized spacial score (nSPS) is 21.0. The van der Waals surface area contributed by atoms with E-state index in [2.05, 4.69) is 43.7 Å². The molecule has 1 aromatic carbocycles. The molecule has 188 valence electrons. The van der Waals surface area contributed by atoms with E-state index in [1.165, 1.54) is 17.5 Å². The summed E-state index contributed by atoms with van der Waals surface area (Å²) >= 11 is 0. The van der Waals surface area contributed by atoms with Gasteiger partial charge in [-0.3, -0.25) is 14.5 Å². The first-order chi connectivity index (χ1) is 16.9. The first-order valence-electron chi connectivity index (χ1n) is 12.5. The first-order valence-corrected chi connectivity index (χ1v) is 12.5. The number of nitrogens with zero attached hydrogens (tertiary/aromatic N) is 4. The van der Waals surface area contributed by atoms with Crippen molar-refractivity contribution < 1.29 is 14.7 Å². The van der Waals surface area contributed by atoms with Crippen molar-refractivity contribution in [3.05, 3.63) is 53.5 Å². The molecule has 1 aliphatic carbocycles. The van der Waals surface area contributed by atoms with Crippen LogP contribution in [0, 0.1) is 0 Å². The molecule has 1 aromatic heterocycles. The van der Waals surface area contributed by atoms with Crippen LogP contribution in [0.4, 0.5) is 5.82 Å². The number of aliphatic hydroxyl groups excluding tert-OH is 1. The van der Waals surface area contributed by atoms with E-state index in [0.717, 1.165) is 45.2 Å². The number of benzene rings is 1. The van der Waals surface area contributed by atoms with Gasteiger partial charge >= 0.3 is 0 Å². The Hall–Kier alpha value is -3.04. The Balaban J connectivity index is 1.22. The molecular weight excluding hydrogens is 444 g/mol. The van der Waals surface area contributed by atoms with E-state index in [-0.39, 0.29) is 36.1 Å². The van der Waals surface area contributed by atoms with Gasteiger partial charge in [0.15, 0.2) is 0 Å². The molecule has 0 radical (unpaired) electrons. The zero-order valence-corrected chi connectivity index (χ0v) is 20.6. The molecule has 3 N–H and O–H groups in total. The van der Waals surface area contributed by atoms with Crippen LogP contribution in [0.15, 0.2) is 36.7 Å². The summed E-state index contributed by atoms with van der Waals surface area (Å²) in [5, 5.41) is 16.7. The van der Waals surface area contributed by atoms with E-state index in [1.54, 1.807) is 13.0 Å². The molecule has 0 spiro atoms. The number of nitrogens with one attached hydrogen (secondary N) is 2. The summed E-state index contributed by atoms with van der Waals surface area (Å²) in [5.74, 6) is 0.380. The Morgan fingerprint density at radius 2 is 1.91 bits per heavy atom. The van der Waals surface area contributed by atoms with Gasteiger partial charge in [0.1, 0.15) is 17.8 Å². The molecule has 4 rings (SSSR count). The number of anilines is 1. The van der Waals surface area contributed by atoms with Gasteiger partial charge in [-0.2, -0.15) is 0 Å². The monoisotopic (exact) mass is 480 g/mol. The Kier molecular flexibility index (Phi) is 8.30. The summed E-state index contributed by atoms with van der Waals surface area (Å²) in [6.45, 7) is 3.98. The molecule has 9 heteroatoms. The van der Waals surface area contributed by atoms with Crippen molar-refractivity contribution in [1.29, 1.82) is 0 Å². The van der Waals surface area contributed by atoms with Crippen LogP contribution in [-0.4, -0.2) is 81.6 Å². The zero-order chi connectivity index (χ0) is 24.8. The average Bonchev–Trinajstić information content (AvgIpc) is 2.87. The topological polar surface area (TPSA) is 111 Å². The van der Waals surface area contributed by atoms with Gasteiger partial charge in [-0.15, -0.1) is 0 Å². The number of carbonyl (C=O) groups is 2. The Bertz CT molecular complexity index is 1020. The molecule has 2 heterocycles. The molecule has 0 saturated heterocycles. The highest BCUT2D eigenvalue weighted by Gasteiger charge is 2.25. The van der Waals surface area contributed by atoms with E-state index in [9.17, 15) is 14.7 Å². The fourth-order valence-corrected chi connectivity index (χ4v) is 5.01. The van der Waals surface area contributed by atoms with Crippen LogP contribution in [-0.2, 0) is 17.8 Å². The summed E-state index contributed by atoms with van der Waals surface area (Å²) < 4.78 is 0. The van der Waals surface area contributed by atoms with Gasteiger partial charge in [-0.1, -0.05) is 24.3 Å². The lowest BCUT2D eigenvalue weighted by Crippen LogP contribution is -2.42. The largest absolute Gasteiger partial charge is 0.390 e. The predicted octanol–water partition coefficient (Wildman–Crippen LogP) is 1.83. The molecule has 2 amide bonds. The van der Waals surface area contributed by atoms with Crippen molar-refractivity contribution in [3.63, 3.8) is 0 Å². The summed E-state index contributed by atoms with van der Waals surface area (Å²) in [6, 6.07) is 10.6. The lowest BCUT2D eigenvalue weighted by atomic mass is 9.90. The van der Waals surface area contributed by atoms with Crippen LogP contribution < -0.4 is 10.6 Å². The third-order valence-corrected chi connectivity index (χ3v) is 7.17. The highest BCUT2D eigenvalue weighted by atomic mass is 16.3. The minimum atomic E-state index is -0.660. The Morgan fingerprint density at radius 1 is 1.17 bits per heavy atom. The average molecular weight is 481 g/mol. The number of hydrogen-bond donors (Lipinski definition) is 3. The van der Waals surface area contributed by atoms with E-state index < -0.39 is 6.10 Å². The van der Waals surface area contributed by atoms with Crippen molar-refractivity contribution >= 4 is 17.6 Å². The van der Waals surface area contributed by atoms with Crippen LogP contribution in [0.2, 0.25) is 0 Å². The molecule has 1 saturated carbocycles. The minimum absolute atomic E-state index is 0.0965. The third-order valence-electron chi connectivity index (χ3n) is 7.17. The second-order valence-electron chi connectivity index (χ2n) is 9.69. The number of β-amino-alcohol motifs (C(OH)–C–C–N with tert-alkyl or cyclic N) is 1. The summed E-state index contributed by atoms with van der Waals surface area (Å²) in [7, 11) is 1.86. The summed E-state index contributed by atoms with van der Waals surface area (Å²) in [4.78, 5) is 36.6. The minimum Gasteiger partial charge on any atom is -0.390 e. The molecule has 1 unspecified atom stereocenters. The first kappa shape index (κ1) is 25.1. The van der Waals surface area contributed by atoms with Gasteiger partial charge in [0.25, 0.3) is 5.91 Å². The molecule has 0 bridgehead atoms. The second-order valence-corrected chi connectivity index (χ2v) is 9.69. The highest BCUT2D eigenvalue weighted by Crippen LogP contribution is 2.25. The highest BCUT2D eigenvalue weighted by molar-refractivity contribution is 5.92. The molecular formula is C26H36N6O3. The van der Waals surface area contributed by atoms with Crippen LogP contribution in [0.25, 0.3) is 0 Å². The molecule has 2 aliphatic rings. The number of fused-ring (bicyclic) bond motifs is 1. The lowest BCUT2D eigenvalue weighted by Gasteiger charge is -2.34. The molecule has 35 heavy (non-hydrogen) atoms. The smallest absolute Gasteiger partial charge is 0.270 e. The molecule has 1 fully saturated rings. The van der Waals surface area contributed by atoms with Gasteiger partial charge in [-0.05, 0) is 43.2 Å². The number of hydrogen-bond acceptors (Lipinski definition) is 7. The van der Waals surface area contributed by atoms with Crippen molar-refractivity contribution in [2.75, 3.05) is 32.0 Å². The predicted molar refractivity (Wildman–Crippen MR) is 134 cm³/mol.